The van der Waals surface area contributed by atoms with Gasteiger partial charge in [0.1, 0.15) is 5.82 Å². The van der Waals surface area contributed by atoms with Crippen LogP contribution in [0.5, 0.6) is 11.5 Å². The van der Waals surface area contributed by atoms with E-state index in [4.69, 9.17) is 9.47 Å². The lowest BCUT2D eigenvalue weighted by atomic mass is 10.1. The van der Waals surface area contributed by atoms with Gasteiger partial charge in [-0.1, -0.05) is 12.1 Å². The van der Waals surface area contributed by atoms with E-state index in [-0.39, 0.29) is 12.7 Å². The number of rotatable bonds is 4. The molecule has 0 N–H and O–H groups in total. The van der Waals surface area contributed by atoms with Crippen LogP contribution in [-0.4, -0.2) is 24.1 Å². The summed E-state index contributed by atoms with van der Waals surface area (Å²) in [5.74, 6) is 0.791. The van der Waals surface area contributed by atoms with E-state index in [0.29, 0.717) is 30.2 Å². The van der Waals surface area contributed by atoms with Crippen molar-refractivity contribution in [3.8, 4) is 11.5 Å². The number of carbonyl (C=O) groups excluding carboxylic acids is 1. The van der Waals surface area contributed by atoms with Crippen molar-refractivity contribution in [2.24, 2.45) is 0 Å². The molecule has 2 aromatic rings. The zero-order valence-corrected chi connectivity index (χ0v) is 12.2. The van der Waals surface area contributed by atoms with Gasteiger partial charge in [-0.3, -0.25) is 4.79 Å². The van der Waals surface area contributed by atoms with Gasteiger partial charge in [0.25, 0.3) is 5.91 Å². The molecule has 0 bridgehead atoms. The molecule has 1 heterocycles. The molecular weight excluding hydrogens is 285 g/mol. The number of amides is 1. The van der Waals surface area contributed by atoms with Crippen molar-refractivity contribution < 1.29 is 18.7 Å². The molecule has 5 heteroatoms. The standard InChI is InChI=1S/C17H16FNO3/c1-2-19(17(20)13-4-3-5-14(18)9-13)10-12-6-7-15-16(8-12)22-11-21-15/h3-9H,2,10-11H2,1H3. The predicted octanol–water partition coefficient (Wildman–Crippen LogP) is 3.22. The summed E-state index contributed by atoms with van der Waals surface area (Å²) in [5.41, 5.74) is 1.29. The lowest BCUT2D eigenvalue weighted by Gasteiger charge is -2.21. The van der Waals surface area contributed by atoms with Crippen LogP contribution >= 0.6 is 0 Å². The molecule has 0 aliphatic carbocycles. The molecular formula is C17H16FNO3. The number of nitrogens with zero attached hydrogens (tertiary/aromatic N) is 1. The Balaban J connectivity index is 1.78. The van der Waals surface area contributed by atoms with Crippen molar-refractivity contribution in [3.63, 3.8) is 0 Å². The minimum absolute atomic E-state index is 0.195. The number of carbonyl (C=O) groups is 1. The van der Waals surface area contributed by atoms with E-state index >= 15 is 0 Å². The van der Waals surface area contributed by atoms with Gasteiger partial charge in [0.2, 0.25) is 6.79 Å². The molecule has 4 nitrogen and oxygen atoms in total. The second-order valence-corrected chi connectivity index (χ2v) is 5.02. The minimum atomic E-state index is -0.412. The summed E-state index contributed by atoms with van der Waals surface area (Å²) < 4.78 is 23.9. The molecule has 0 unspecified atom stereocenters. The molecule has 1 aliphatic rings. The summed E-state index contributed by atoms with van der Waals surface area (Å²) in [4.78, 5) is 14.1. The highest BCUT2D eigenvalue weighted by molar-refractivity contribution is 5.94. The summed E-state index contributed by atoms with van der Waals surface area (Å²) in [6.07, 6.45) is 0. The lowest BCUT2D eigenvalue weighted by molar-refractivity contribution is 0.0752. The monoisotopic (exact) mass is 301 g/mol. The molecule has 0 radical (unpaired) electrons. The van der Waals surface area contributed by atoms with Crippen molar-refractivity contribution in [3.05, 3.63) is 59.4 Å². The smallest absolute Gasteiger partial charge is 0.254 e. The number of halogens is 1. The second kappa shape index (κ2) is 6.05. The lowest BCUT2D eigenvalue weighted by Crippen LogP contribution is -2.30. The number of hydrogen-bond acceptors (Lipinski definition) is 3. The largest absolute Gasteiger partial charge is 0.454 e. The molecule has 0 aromatic heterocycles. The molecule has 114 valence electrons. The van der Waals surface area contributed by atoms with Gasteiger partial charge in [-0.2, -0.15) is 0 Å². The normalized spacial score (nSPS) is 12.3. The first-order valence-electron chi connectivity index (χ1n) is 7.10. The van der Waals surface area contributed by atoms with Crippen LogP contribution in [0.3, 0.4) is 0 Å². The third-order valence-corrected chi connectivity index (χ3v) is 3.55. The predicted molar refractivity (Wildman–Crippen MR) is 79.4 cm³/mol. The SMILES string of the molecule is CCN(Cc1ccc2c(c1)OCO2)C(=O)c1cccc(F)c1. The maximum Gasteiger partial charge on any atom is 0.254 e. The third kappa shape index (κ3) is 2.88. The van der Waals surface area contributed by atoms with Crippen molar-refractivity contribution in [2.75, 3.05) is 13.3 Å². The van der Waals surface area contributed by atoms with Crippen LogP contribution < -0.4 is 9.47 Å². The van der Waals surface area contributed by atoms with Crippen LogP contribution in [0, 0.1) is 5.82 Å². The van der Waals surface area contributed by atoms with E-state index in [0.717, 1.165) is 5.56 Å². The van der Waals surface area contributed by atoms with Crippen LogP contribution in [0.4, 0.5) is 4.39 Å². The molecule has 0 saturated heterocycles. The van der Waals surface area contributed by atoms with Gasteiger partial charge < -0.3 is 14.4 Å². The fourth-order valence-corrected chi connectivity index (χ4v) is 2.39. The molecule has 0 atom stereocenters. The minimum Gasteiger partial charge on any atom is -0.454 e. The fraction of sp³-hybridized carbons (Fsp3) is 0.235. The maximum atomic E-state index is 13.3. The Morgan fingerprint density at radius 1 is 1.18 bits per heavy atom. The molecule has 0 fully saturated rings. The van der Waals surface area contributed by atoms with E-state index in [2.05, 4.69) is 0 Å². The van der Waals surface area contributed by atoms with Crippen LogP contribution in [0.1, 0.15) is 22.8 Å². The van der Waals surface area contributed by atoms with E-state index in [9.17, 15) is 9.18 Å². The average Bonchev–Trinajstić information content (AvgIpc) is 2.99. The Hall–Kier alpha value is -2.56. The summed E-state index contributed by atoms with van der Waals surface area (Å²) in [7, 11) is 0. The number of fused-ring (bicyclic) bond motifs is 1. The van der Waals surface area contributed by atoms with E-state index < -0.39 is 5.82 Å². The van der Waals surface area contributed by atoms with Gasteiger partial charge in [0, 0.05) is 18.7 Å². The number of benzene rings is 2. The first kappa shape index (κ1) is 14.4. The maximum absolute atomic E-state index is 13.3. The van der Waals surface area contributed by atoms with E-state index in [1.54, 1.807) is 11.0 Å². The Morgan fingerprint density at radius 3 is 2.77 bits per heavy atom. The van der Waals surface area contributed by atoms with Gasteiger partial charge in [-0.15, -0.1) is 0 Å². The third-order valence-electron chi connectivity index (χ3n) is 3.55. The van der Waals surface area contributed by atoms with E-state index in [1.807, 2.05) is 25.1 Å². The van der Waals surface area contributed by atoms with Crippen molar-refractivity contribution >= 4 is 5.91 Å². The Morgan fingerprint density at radius 2 is 2.00 bits per heavy atom. The molecule has 22 heavy (non-hydrogen) atoms. The van der Waals surface area contributed by atoms with Crippen LogP contribution in [0.25, 0.3) is 0 Å². The highest BCUT2D eigenvalue weighted by Crippen LogP contribution is 2.32. The molecule has 0 spiro atoms. The topological polar surface area (TPSA) is 38.8 Å². The zero-order valence-electron chi connectivity index (χ0n) is 12.2. The van der Waals surface area contributed by atoms with Crippen molar-refractivity contribution in [1.82, 2.24) is 4.90 Å². The van der Waals surface area contributed by atoms with E-state index in [1.165, 1.54) is 18.2 Å². The second-order valence-electron chi connectivity index (χ2n) is 5.02. The van der Waals surface area contributed by atoms with Crippen LogP contribution in [0.2, 0.25) is 0 Å². The summed E-state index contributed by atoms with van der Waals surface area (Å²) in [6.45, 7) is 3.08. The van der Waals surface area contributed by atoms with Gasteiger partial charge in [-0.25, -0.2) is 4.39 Å². The summed E-state index contributed by atoms with van der Waals surface area (Å²) in [5, 5.41) is 0. The average molecular weight is 301 g/mol. The van der Waals surface area contributed by atoms with Gasteiger partial charge in [0.15, 0.2) is 11.5 Å². The first-order valence-corrected chi connectivity index (χ1v) is 7.10. The quantitative estimate of drug-likeness (QED) is 0.870. The Labute approximate surface area is 128 Å². The van der Waals surface area contributed by atoms with Crippen molar-refractivity contribution in [1.29, 1.82) is 0 Å². The molecule has 0 saturated carbocycles. The summed E-state index contributed by atoms with van der Waals surface area (Å²) >= 11 is 0. The molecule has 1 aliphatic heterocycles. The van der Waals surface area contributed by atoms with Crippen LogP contribution in [0.15, 0.2) is 42.5 Å². The number of hydrogen-bond donors (Lipinski definition) is 0. The van der Waals surface area contributed by atoms with Crippen LogP contribution in [-0.2, 0) is 6.54 Å². The first-order chi connectivity index (χ1) is 10.7. The summed E-state index contributed by atoms with van der Waals surface area (Å²) in [6, 6.07) is 11.3. The molecule has 1 amide bonds. The van der Waals surface area contributed by atoms with Crippen molar-refractivity contribution in [2.45, 2.75) is 13.5 Å². The fourth-order valence-electron chi connectivity index (χ4n) is 2.39. The van der Waals surface area contributed by atoms with Gasteiger partial charge in [-0.05, 0) is 42.8 Å². The molecule has 3 rings (SSSR count). The highest BCUT2D eigenvalue weighted by Gasteiger charge is 2.18. The number of ether oxygens (including phenoxy) is 2. The van der Waals surface area contributed by atoms with Gasteiger partial charge in [0.05, 0.1) is 0 Å². The highest BCUT2D eigenvalue weighted by atomic mass is 19.1. The van der Waals surface area contributed by atoms with Gasteiger partial charge >= 0.3 is 0 Å². The Kier molecular flexibility index (Phi) is 3.96. The Bertz CT molecular complexity index is 702. The zero-order chi connectivity index (χ0) is 15.5. The molecule has 2 aromatic carbocycles.